The largest absolute Gasteiger partial charge is 0.496 e. The Kier molecular flexibility index (Phi) is 4.30. The van der Waals surface area contributed by atoms with Gasteiger partial charge in [-0.15, -0.1) is 5.10 Å². The highest BCUT2D eigenvalue weighted by molar-refractivity contribution is 5.33. The summed E-state index contributed by atoms with van der Waals surface area (Å²) in [6.45, 7) is 1.35. The maximum atomic E-state index is 5.47. The Morgan fingerprint density at radius 1 is 1.33 bits per heavy atom. The Balaban J connectivity index is 2.06. The maximum Gasteiger partial charge on any atom is 0.123 e. The highest BCUT2D eigenvalue weighted by Crippen LogP contribution is 2.18. The van der Waals surface area contributed by atoms with Crippen molar-refractivity contribution in [3.05, 3.63) is 41.7 Å². The first-order valence-corrected chi connectivity index (χ1v) is 6.04. The molecule has 1 aromatic heterocycles. The molecule has 5 nitrogen and oxygen atoms in total. The van der Waals surface area contributed by atoms with E-state index < -0.39 is 0 Å². The van der Waals surface area contributed by atoms with E-state index in [9.17, 15) is 0 Å². The van der Waals surface area contributed by atoms with Crippen LogP contribution in [0, 0.1) is 0 Å². The van der Waals surface area contributed by atoms with Gasteiger partial charge >= 0.3 is 0 Å². The highest BCUT2D eigenvalue weighted by Gasteiger charge is 2.05. The van der Waals surface area contributed by atoms with Crippen LogP contribution in [0.15, 0.2) is 30.5 Å². The highest BCUT2D eigenvalue weighted by atomic mass is 16.5. The molecule has 0 aliphatic rings. The van der Waals surface area contributed by atoms with Gasteiger partial charge in [0.2, 0.25) is 0 Å². The second kappa shape index (κ2) is 6.16. The van der Waals surface area contributed by atoms with Crippen LogP contribution in [0.5, 0.6) is 5.75 Å². The second-order valence-electron chi connectivity index (χ2n) is 4.11. The van der Waals surface area contributed by atoms with Gasteiger partial charge in [0.05, 0.1) is 19.3 Å². The van der Waals surface area contributed by atoms with Gasteiger partial charge in [-0.3, -0.25) is 0 Å². The summed E-state index contributed by atoms with van der Waals surface area (Å²) in [5.74, 6) is 0.872. The van der Waals surface area contributed by atoms with Crippen molar-refractivity contribution in [3.63, 3.8) is 0 Å². The van der Waals surface area contributed by atoms with Crippen molar-refractivity contribution >= 4 is 0 Å². The SMILES string of the molecule is COc1ccccc1Cn1cc(CCCN)nn1. The van der Waals surface area contributed by atoms with Crippen LogP contribution in [0.1, 0.15) is 17.7 Å². The smallest absolute Gasteiger partial charge is 0.123 e. The lowest BCUT2D eigenvalue weighted by atomic mass is 10.2. The number of ether oxygens (including phenoxy) is 1. The monoisotopic (exact) mass is 246 g/mol. The minimum Gasteiger partial charge on any atom is -0.496 e. The molecule has 1 heterocycles. The lowest BCUT2D eigenvalue weighted by Gasteiger charge is -2.07. The zero-order valence-electron chi connectivity index (χ0n) is 10.5. The first-order chi connectivity index (χ1) is 8.83. The second-order valence-corrected chi connectivity index (χ2v) is 4.11. The van der Waals surface area contributed by atoms with Crippen molar-refractivity contribution < 1.29 is 4.74 Å². The molecular weight excluding hydrogens is 228 g/mol. The molecule has 0 bridgehead atoms. The number of nitrogens with two attached hydrogens (primary N) is 1. The fourth-order valence-corrected chi connectivity index (χ4v) is 1.82. The molecule has 0 amide bonds. The van der Waals surface area contributed by atoms with Crippen molar-refractivity contribution in [1.82, 2.24) is 15.0 Å². The number of aromatic nitrogens is 3. The Morgan fingerprint density at radius 3 is 2.94 bits per heavy atom. The van der Waals surface area contributed by atoms with Crippen molar-refractivity contribution in [3.8, 4) is 5.75 Å². The maximum absolute atomic E-state index is 5.47. The third-order valence-electron chi connectivity index (χ3n) is 2.75. The Hall–Kier alpha value is -1.88. The van der Waals surface area contributed by atoms with Crippen LogP contribution in [0.25, 0.3) is 0 Å². The summed E-state index contributed by atoms with van der Waals surface area (Å²) < 4.78 is 7.13. The standard InChI is InChI=1S/C13H18N4O/c1-18-13-7-3-2-5-11(13)9-17-10-12(15-16-17)6-4-8-14/h2-3,5,7,10H,4,6,8-9,14H2,1H3. The van der Waals surface area contributed by atoms with E-state index in [1.54, 1.807) is 7.11 Å². The molecule has 0 unspecified atom stereocenters. The third-order valence-corrected chi connectivity index (χ3v) is 2.75. The predicted octanol–water partition coefficient (Wildman–Crippen LogP) is 1.23. The van der Waals surface area contributed by atoms with Crippen molar-refractivity contribution in [2.24, 2.45) is 5.73 Å². The normalized spacial score (nSPS) is 10.6. The number of hydrogen-bond donors (Lipinski definition) is 1. The fraction of sp³-hybridized carbons (Fsp3) is 0.385. The number of hydrogen-bond acceptors (Lipinski definition) is 4. The molecular formula is C13H18N4O. The van der Waals surface area contributed by atoms with Gasteiger partial charge in [-0.1, -0.05) is 23.4 Å². The van der Waals surface area contributed by atoms with E-state index in [0.29, 0.717) is 13.1 Å². The van der Waals surface area contributed by atoms with E-state index >= 15 is 0 Å². The summed E-state index contributed by atoms with van der Waals surface area (Å²) in [7, 11) is 1.67. The van der Waals surface area contributed by atoms with Gasteiger partial charge in [0.15, 0.2) is 0 Å². The Morgan fingerprint density at radius 2 is 2.17 bits per heavy atom. The molecule has 18 heavy (non-hydrogen) atoms. The summed E-state index contributed by atoms with van der Waals surface area (Å²) in [6, 6.07) is 7.92. The summed E-state index contributed by atoms with van der Waals surface area (Å²) >= 11 is 0. The number of nitrogens with zero attached hydrogens (tertiary/aromatic N) is 3. The van der Waals surface area contributed by atoms with E-state index in [0.717, 1.165) is 29.8 Å². The number of methoxy groups -OCH3 is 1. The van der Waals surface area contributed by atoms with E-state index in [-0.39, 0.29) is 0 Å². The summed E-state index contributed by atoms with van der Waals surface area (Å²) in [5, 5.41) is 8.23. The molecule has 5 heteroatoms. The predicted molar refractivity (Wildman–Crippen MR) is 69.5 cm³/mol. The summed E-state index contributed by atoms with van der Waals surface area (Å²) in [4.78, 5) is 0. The molecule has 2 aromatic rings. The average molecular weight is 246 g/mol. The molecule has 0 fully saturated rings. The third kappa shape index (κ3) is 3.07. The number of benzene rings is 1. The quantitative estimate of drug-likeness (QED) is 0.832. The summed E-state index contributed by atoms with van der Waals surface area (Å²) in [5.41, 5.74) is 7.55. The van der Waals surface area contributed by atoms with Gasteiger partial charge in [-0.2, -0.15) is 0 Å². The molecule has 0 saturated heterocycles. The van der Waals surface area contributed by atoms with Crippen molar-refractivity contribution in [2.45, 2.75) is 19.4 Å². The minimum atomic E-state index is 0.666. The van der Waals surface area contributed by atoms with Gasteiger partial charge in [-0.05, 0) is 25.5 Å². The van der Waals surface area contributed by atoms with E-state index in [1.165, 1.54) is 0 Å². The number of rotatable bonds is 6. The zero-order valence-corrected chi connectivity index (χ0v) is 10.5. The van der Waals surface area contributed by atoms with E-state index in [2.05, 4.69) is 10.3 Å². The first-order valence-electron chi connectivity index (χ1n) is 6.04. The molecule has 2 N–H and O–H groups in total. The van der Waals surface area contributed by atoms with Crippen molar-refractivity contribution in [1.29, 1.82) is 0 Å². The van der Waals surface area contributed by atoms with E-state index in [1.807, 2.05) is 35.1 Å². The number of para-hydroxylation sites is 1. The Labute approximate surface area is 107 Å². The molecule has 0 atom stereocenters. The molecule has 0 aliphatic carbocycles. The van der Waals surface area contributed by atoms with Crippen LogP contribution >= 0.6 is 0 Å². The number of aryl methyl sites for hydroxylation is 1. The summed E-state index contributed by atoms with van der Waals surface area (Å²) in [6.07, 6.45) is 3.78. The van der Waals surface area contributed by atoms with Crippen LogP contribution < -0.4 is 10.5 Å². The van der Waals surface area contributed by atoms with Crippen LogP contribution in [0.2, 0.25) is 0 Å². The molecule has 2 rings (SSSR count). The molecule has 0 saturated carbocycles. The lowest BCUT2D eigenvalue weighted by Crippen LogP contribution is -2.02. The van der Waals surface area contributed by atoms with Gasteiger partial charge in [0.1, 0.15) is 5.75 Å². The molecule has 0 radical (unpaired) electrons. The van der Waals surface area contributed by atoms with Gasteiger partial charge in [-0.25, -0.2) is 4.68 Å². The molecule has 0 aliphatic heterocycles. The first kappa shape index (κ1) is 12.6. The Bertz CT molecular complexity index is 495. The van der Waals surface area contributed by atoms with Crippen LogP contribution in [0.4, 0.5) is 0 Å². The topological polar surface area (TPSA) is 66.0 Å². The van der Waals surface area contributed by atoms with Crippen LogP contribution in [0.3, 0.4) is 0 Å². The average Bonchev–Trinajstić information content (AvgIpc) is 2.84. The van der Waals surface area contributed by atoms with Gasteiger partial charge < -0.3 is 10.5 Å². The molecule has 96 valence electrons. The lowest BCUT2D eigenvalue weighted by molar-refractivity contribution is 0.407. The van der Waals surface area contributed by atoms with E-state index in [4.69, 9.17) is 10.5 Å². The van der Waals surface area contributed by atoms with Crippen molar-refractivity contribution in [2.75, 3.05) is 13.7 Å². The zero-order chi connectivity index (χ0) is 12.8. The van der Waals surface area contributed by atoms with Gasteiger partial charge in [0, 0.05) is 11.8 Å². The van der Waals surface area contributed by atoms with Gasteiger partial charge in [0.25, 0.3) is 0 Å². The fourth-order valence-electron chi connectivity index (χ4n) is 1.82. The minimum absolute atomic E-state index is 0.666. The van der Waals surface area contributed by atoms with Crippen LogP contribution in [-0.2, 0) is 13.0 Å². The molecule has 1 aromatic carbocycles. The van der Waals surface area contributed by atoms with Crippen LogP contribution in [-0.4, -0.2) is 28.6 Å². The molecule has 0 spiro atoms.